The number of nitrogens with zero attached hydrogens (tertiary/aromatic N) is 1. The highest BCUT2D eigenvalue weighted by atomic mass is 16.1. The van der Waals surface area contributed by atoms with E-state index < -0.39 is 0 Å². The Bertz CT molecular complexity index is 204. The summed E-state index contributed by atoms with van der Waals surface area (Å²) in [5.74, 6) is 0.170. The first-order chi connectivity index (χ1) is 6.95. The van der Waals surface area contributed by atoms with Crippen LogP contribution < -0.4 is 5.32 Å². The van der Waals surface area contributed by atoms with Crippen molar-refractivity contribution in [3.05, 3.63) is 12.2 Å². The maximum Gasteiger partial charge on any atom is 0.224 e. The van der Waals surface area contributed by atoms with Gasteiger partial charge in [0.2, 0.25) is 5.91 Å². The number of rotatable bonds is 7. The molecule has 0 atom stereocenters. The minimum Gasteiger partial charge on any atom is -0.314 e. The molecule has 3 nitrogen and oxygen atoms in total. The molecule has 0 saturated carbocycles. The quantitative estimate of drug-likeness (QED) is 0.298. The second-order valence-corrected chi connectivity index (χ2v) is 4.86. The number of amides is 1. The van der Waals surface area contributed by atoms with Gasteiger partial charge in [-0.05, 0) is 26.2 Å². The molecule has 0 aromatic carbocycles. The summed E-state index contributed by atoms with van der Waals surface area (Å²) in [6.45, 7) is 2.72. The van der Waals surface area contributed by atoms with E-state index in [0.717, 1.165) is 23.7 Å². The zero-order valence-corrected chi connectivity index (χ0v) is 10.5. The van der Waals surface area contributed by atoms with Gasteiger partial charge in [-0.3, -0.25) is 4.79 Å². The minimum atomic E-state index is 0.170. The maximum absolute atomic E-state index is 11.4. The molecule has 0 saturated heterocycles. The van der Waals surface area contributed by atoms with Crippen molar-refractivity contribution in [1.29, 1.82) is 0 Å². The third-order valence-electron chi connectivity index (χ3n) is 2.01. The van der Waals surface area contributed by atoms with Gasteiger partial charge >= 0.3 is 0 Å². The molecule has 0 aromatic rings. The Balaban J connectivity index is 3.42. The Kier molecular flexibility index (Phi) is 7.05. The number of quaternary nitrogens is 1. The van der Waals surface area contributed by atoms with Crippen LogP contribution in [0.25, 0.3) is 0 Å². The Morgan fingerprint density at radius 2 is 1.93 bits per heavy atom. The Morgan fingerprint density at radius 3 is 2.47 bits per heavy atom. The molecule has 1 N–H and O–H groups in total. The lowest BCUT2D eigenvalue weighted by Crippen LogP contribution is -2.45. The van der Waals surface area contributed by atoms with Gasteiger partial charge in [-0.2, -0.15) is 0 Å². The molecule has 0 bridgehead atoms. The third kappa shape index (κ3) is 11.1. The fourth-order valence-electron chi connectivity index (χ4n) is 1.13. The smallest absolute Gasteiger partial charge is 0.224 e. The first kappa shape index (κ1) is 14.2. The standard InChI is InChI=1S/C12H24N2O/c1-5-6-7-8-9-10-12(15)13-11-14(2,3)4/h5-6H,7-11H2,1-4H3/p+1/b6-5+. The lowest BCUT2D eigenvalue weighted by Gasteiger charge is -2.23. The Labute approximate surface area is 93.7 Å². The molecular weight excluding hydrogens is 188 g/mol. The fourth-order valence-corrected chi connectivity index (χ4v) is 1.13. The van der Waals surface area contributed by atoms with E-state index in [1.165, 1.54) is 0 Å². The van der Waals surface area contributed by atoms with Crippen molar-refractivity contribution in [2.24, 2.45) is 0 Å². The van der Waals surface area contributed by atoms with Crippen molar-refractivity contribution < 1.29 is 9.28 Å². The van der Waals surface area contributed by atoms with Crippen molar-refractivity contribution >= 4 is 5.91 Å². The molecule has 0 unspecified atom stereocenters. The predicted molar refractivity (Wildman–Crippen MR) is 64.3 cm³/mol. The van der Waals surface area contributed by atoms with E-state index in [4.69, 9.17) is 0 Å². The van der Waals surface area contributed by atoms with Crippen LogP contribution in [0.5, 0.6) is 0 Å². The van der Waals surface area contributed by atoms with Crippen LogP contribution >= 0.6 is 0 Å². The van der Waals surface area contributed by atoms with Gasteiger partial charge in [0.1, 0.15) is 0 Å². The second-order valence-electron chi connectivity index (χ2n) is 4.86. The molecule has 0 rings (SSSR count). The van der Waals surface area contributed by atoms with E-state index in [-0.39, 0.29) is 5.91 Å². The molecule has 88 valence electrons. The monoisotopic (exact) mass is 213 g/mol. The largest absolute Gasteiger partial charge is 0.314 e. The van der Waals surface area contributed by atoms with E-state index in [1.807, 2.05) is 6.92 Å². The number of unbranched alkanes of at least 4 members (excludes halogenated alkanes) is 2. The van der Waals surface area contributed by atoms with Gasteiger partial charge in [0.25, 0.3) is 0 Å². The molecule has 0 aliphatic carbocycles. The highest BCUT2D eigenvalue weighted by Gasteiger charge is 2.08. The highest BCUT2D eigenvalue weighted by molar-refractivity contribution is 5.75. The predicted octanol–water partition coefficient (Wildman–Crippen LogP) is 1.90. The van der Waals surface area contributed by atoms with Crippen molar-refractivity contribution in [3.63, 3.8) is 0 Å². The van der Waals surface area contributed by atoms with Crippen LogP contribution in [0.4, 0.5) is 0 Å². The number of nitrogens with one attached hydrogen (secondary N) is 1. The molecule has 0 aromatic heterocycles. The Hall–Kier alpha value is -0.830. The van der Waals surface area contributed by atoms with E-state index in [0.29, 0.717) is 13.1 Å². The van der Waals surface area contributed by atoms with Crippen LogP contribution in [-0.4, -0.2) is 38.2 Å². The van der Waals surface area contributed by atoms with Crippen molar-refractivity contribution in [3.8, 4) is 0 Å². The summed E-state index contributed by atoms with van der Waals surface area (Å²) >= 11 is 0. The molecule has 0 aliphatic rings. The van der Waals surface area contributed by atoms with E-state index in [1.54, 1.807) is 0 Å². The number of hydrogen-bond acceptors (Lipinski definition) is 1. The molecular formula is C12H25N2O+. The molecule has 3 heteroatoms. The number of allylic oxidation sites excluding steroid dienone is 2. The molecule has 0 aliphatic heterocycles. The average Bonchev–Trinajstić information content (AvgIpc) is 2.13. The van der Waals surface area contributed by atoms with Gasteiger partial charge in [0.15, 0.2) is 6.67 Å². The van der Waals surface area contributed by atoms with Gasteiger partial charge in [0.05, 0.1) is 21.1 Å². The summed E-state index contributed by atoms with van der Waals surface area (Å²) in [6, 6.07) is 0. The molecule has 0 fully saturated rings. The molecule has 0 spiro atoms. The summed E-state index contributed by atoms with van der Waals surface area (Å²) in [7, 11) is 6.19. The normalized spacial score (nSPS) is 12.0. The molecule has 0 radical (unpaired) electrons. The number of carbonyl (C=O) groups is 1. The topological polar surface area (TPSA) is 29.1 Å². The number of carbonyl (C=O) groups excluding carboxylic acids is 1. The summed E-state index contributed by atoms with van der Waals surface area (Å²) in [5.41, 5.74) is 0. The zero-order valence-electron chi connectivity index (χ0n) is 10.5. The van der Waals surface area contributed by atoms with Crippen LogP contribution in [0, 0.1) is 0 Å². The maximum atomic E-state index is 11.4. The first-order valence-corrected chi connectivity index (χ1v) is 5.64. The number of hydrogen-bond donors (Lipinski definition) is 1. The van der Waals surface area contributed by atoms with Gasteiger partial charge < -0.3 is 9.80 Å². The summed E-state index contributed by atoms with van der Waals surface area (Å²) in [4.78, 5) is 11.4. The lowest BCUT2D eigenvalue weighted by atomic mass is 10.2. The lowest BCUT2D eigenvalue weighted by molar-refractivity contribution is -0.872. The summed E-state index contributed by atoms with van der Waals surface area (Å²) < 4.78 is 0.768. The third-order valence-corrected chi connectivity index (χ3v) is 2.01. The van der Waals surface area contributed by atoms with Gasteiger partial charge in [-0.25, -0.2) is 0 Å². The fraction of sp³-hybridized carbons (Fsp3) is 0.750. The summed E-state index contributed by atoms with van der Waals surface area (Å²) in [5, 5.41) is 2.93. The molecule has 0 heterocycles. The van der Waals surface area contributed by atoms with E-state index in [2.05, 4.69) is 38.6 Å². The summed E-state index contributed by atoms with van der Waals surface area (Å²) in [6.07, 6.45) is 8.01. The molecule has 15 heavy (non-hydrogen) atoms. The van der Waals surface area contributed by atoms with Crippen LogP contribution in [-0.2, 0) is 4.79 Å². The van der Waals surface area contributed by atoms with Crippen molar-refractivity contribution in [2.75, 3.05) is 27.8 Å². The van der Waals surface area contributed by atoms with Gasteiger partial charge in [-0.1, -0.05) is 12.2 Å². The van der Waals surface area contributed by atoms with Crippen LogP contribution in [0.3, 0.4) is 0 Å². The minimum absolute atomic E-state index is 0.170. The van der Waals surface area contributed by atoms with E-state index in [9.17, 15) is 4.79 Å². The average molecular weight is 213 g/mol. The van der Waals surface area contributed by atoms with Crippen LogP contribution in [0.1, 0.15) is 32.6 Å². The zero-order chi connectivity index (χ0) is 11.7. The van der Waals surface area contributed by atoms with Gasteiger partial charge in [0, 0.05) is 6.42 Å². The van der Waals surface area contributed by atoms with Crippen molar-refractivity contribution in [2.45, 2.75) is 32.6 Å². The highest BCUT2D eigenvalue weighted by Crippen LogP contribution is 2.00. The van der Waals surface area contributed by atoms with E-state index >= 15 is 0 Å². The van der Waals surface area contributed by atoms with Crippen LogP contribution in [0.15, 0.2) is 12.2 Å². The second kappa shape index (κ2) is 7.46. The van der Waals surface area contributed by atoms with Crippen molar-refractivity contribution in [1.82, 2.24) is 5.32 Å². The van der Waals surface area contributed by atoms with Crippen LogP contribution in [0.2, 0.25) is 0 Å². The Morgan fingerprint density at radius 1 is 1.27 bits per heavy atom. The molecule has 1 amide bonds. The first-order valence-electron chi connectivity index (χ1n) is 5.64. The SMILES string of the molecule is C/C=C/CCCCC(=O)NC[N+](C)(C)C. The van der Waals surface area contributed by atoms with Gasteiger partial charge in [-0.15, -0.1) is 0 Å².